The highest BCUT2D eigenvalue weighted by Gasteiger charge is 2.15. The lowest BCUT2D eigenvalue weighted by Crippen LogP contribution is -1.95. The summed E-state index contributed by atoms with van der Waals surface area (Å²) in [5.74, 6) is 0. The number of halogens is 1. The summed E-state index contributed by atoms with van der Waals surface area (Å²) in [7, 11) is 0. The zero-order valence-corrected chi connectivity index (χ0v) is 15.6. The van der Waals surface area contributed by atoms with Crippen molar-refractivity contribution in [1.29, 1.82) is 0 Å². The van der Waals surface area contributed by atoms with Crippen molar-refractivity contribution in [1.82, 2.24) is 9.61 Å². The largest absolute Gasteiger partial charge is 0.232 e. The van der Waals surface area contributed by atoms with Crippen molar-refractivity contribution in [3.05, 3.63) is 95.6 Å². The summed E-state index contributed by atoms with van der Waals surface area (Å²) in [5, 5.41) is 7.74. The van der Waals surface area contributed by atoms with Gasteiger partial charge in [-0.15, -0.1) is 0 Å². The molecule has 0 atom stereocenters. The quantitative estimate of drug-likeness (QED) is 0.335. The Morgan fingerprint density at radius 2 is 1.59 bits per heavy atom. The number of pyridine rings is 1. The maximum Gasteiger partial charge on any atom is 0.0826 e. The molecule has 3 heteroatoms. The van der Waals surface area contributed by atoms with E-state index in [4.69, 9.17) is 16.7 Å². The third-order valence-corrected chi connectivity index (χ3v) is 5.23. The molecule has 0 aliphatic rings. The van der Waals surface area contributed by atoms with Crippen LogP contribution in [0.5, 0.6) is 0 Å². The van der Waals surface area contributed by atoms with E-state index in [9.17, 15) is 0 Å². The predicted octanol–water partition coefficient (Wildman–Crippen LogP) is 6.78. The standard InChI is InChI=1S/C24H17ClN2/c1-16-7-9-17(10-8-16)22-15-26-27-23(18-5-3-2-4-6-18)13-19-11-12-20(25)14-21(19)24(22)27/h2-15H,1H3. The molecule has 2 nitrogen and oxygen atoms in total. The molecule has 0 amide bonds. The average molecular weight is 369 g/mol. The van der Waals surface area contributed by atoms with Gasteiger partial charge in [-0.1, -0.05) is 77.8 Å². The number of aryl methyl sites for hydroxylation is 1. The summed E-state index contributed by atoms with van der Waals surface area (Å²) >= 11 is 6.33. The summed E-state index contributed by atoms with van der Waals surface area (Å²) in [4.78, 5) is 0. The Hall–Kier alpha value is -3.10. The van der Waals surface area contributed by atoms with E-state index in [1.807, 2.05) is 28.9 Å². The summed E-state index contributed by atoms with van der Waals surface area (Å²) < 4.78 is 2.03. The third kappa shape index (κ3) is 2.70. The fraction of sp³-hybridized carbons (Fsp3) is 0.0417. The number of hydrogen-bond acceptors (Lipinski definition) is 1. The molecular weight excluding hydrogens is 352 g/mol. The van der Waals surface area contributed by atoms with Gasteiger partial charge in [-0.2, -0.15) is 5.10 Å². The first-order valence-corrected chi connectivity index (χ1v) is 9.31. The average Bonchev–Trinajstić information content (AvgIpc) is 3.14. The summed E-state index contributed by atoms with van der Waals surface area (Å²) in [6.45, 7) is 2.10. The Labute approximate surface area is 162 Å². The highest BCUT2D eigenvalue weighted by Crippen LogP contribution is 2.35. The zero-order chi connectivity index (χ0) is 18.4. The molecule has 2 heterocycles. The van der Waals surface area contributed by atoms with Crippen LogP contribution in [0, 0.1) is 6.92 Å². The van der Waals surface area contributed by atoms with Crippen LogP contribution in [0.2, 0.25) is 5.02 Å². The minimum absolute atomic E-state index is 0.730. The van der Waals surface area contributed by atoms with Crippen molar-refractivity contribution in [3.8, 4) is 22.4 Å². The lowest BCUT2D eigenvalue weighted by atomic mass is 10.0. The highest BCUT2D eigenvalue weighted by molar-refractivity contribution is 6.31. The van der Waals surface area contributed by atoms with Crippen LogP contribution in [0.3, 0.4) is 0 Å². The molecule has 0 N–H and O–H groups in total. The van der Waals surface area contributed by atoms with E-state index in [1.54, 1.807) is 0 Å². The van der Waals surface area contributed by atoms with E-state index in [-0.39, 0.29) is 0 Å². The fourth-order valence-electron chi connectivity index (χ4n) is 3.62. The minimum Gasteiger partial charge on any atom is -0.232 e. The van der Waals surface area contributed by atoms with E-state index in [0.717, 1.165) is 43.7 Å². The maximum absolute atomic E-state index is 6.33. The van der Waals surface area contributed by atoms with Gasteiger partial charge >= 0.3 is 0 Å². The molecule has 2 aromatic heterocycles. The number of hydrogen-bond donors (Lipinski definition) is 0. The Bertz CT molecular complexity index is 1270. The van der Waals surface area contributed by atoms with Crippen molar-refractivity contribution in [2.24, 2.45) is 0 Å². The van der Waals surface area contributed by atoms with E-state index in [0.29, 0.717) is 0 Å². The van der Waals surface area contributed by atoms with Crippen LogP contribution in [-0.4, -0.2) is 9.61 Å². The molecule has 0 unspecified atom stereocenters. The first-order chi connectivity index (χ1) is 13.2. The molecule has 0 radical (unpaired) electrons. The molecular formula is C24H17ClN2. The van der Waals surface area contributed by atoms with Crippen molar-refractivity contribution in [3.63, 3.8) is 0 Å². The van der Waals surface area contributed by atoms with Gasteiger partial charge in [-0.05, 0) is 36.1 Å². The van der Waals surface area contributed by atoms with E-state index in [1.165, 1.54) is 5.56 Å². The first-order valence-electron chi connectivity index (χ1n) is 8.93. The zero-order valence-electron chi connectivity index (χ0n) is 14.9. The molecule has 27 heavy (non-hydrogen) atoms. The van der Waals surface area contributed by atoms with Crippen molar-refractivity contribution in [2.75, 3.05) is 0 Å². The normalized spacial score (nSPS) is 11.3. The molecule has 5 rings (SSSR count). The van der Waals surface area contributed by atoms with Gasteiger partial charge in [0.1, 0.15) is 0 Å². The van der Waals surface area contributed by atoms with Crippen LogP contribution in [0.1, 0.15) is 5.56 Å². The van der Waals surface area contributed by atoms with Crippen LogP contribution < -0.4 is 0 Å². The molecule has 3 aromatic carbocycles. The molecule has 0 fully saturated rings. The Morgan fingerprint density at radius 3 is 2.37 bits per heavy atom. The number of nitrogens with zero attached hydrogens (tertiary/aromatic N) is 2. The molecule has 0 aliphatic heterocycles. The van der Waals surface area contributed by atoms with Gasteiger partial charge in [0.05, 0.1) is 17.4 Å². The van der Waals surface area contributed by atoms with Crippen LogP contribution in [0.4, 0.5) is 0 Å². The van der Waals surface area contributed by atoms with Crippen molar-refractivity contribution >= 4 is 27.9 Å². The summed E-state index contributed by atoms with van der Waals surface area (Å²) in [5.41, 5.74) is 6.80. The topological polar surface area (TPSA) is 17.3 Å². The number of fused-ring (bicyclic) bond motifs is 3. The molecule has 0 aliphatic carbocycles. The summed E-state index contributed by atoms with van der Waals surface area (Å²) in [6.07, 6.45) is 1.95. The van der Waals surface area contributed by atoms with Crippen LogP contribution in [0.15, 0.2) is 85.1 Å². The highest BCUT2D eigenvalue weighted by atomic mass is 35.5. The third-order valence-electron chi connectivity index (χ3n) is 4.99. The van der Waals surface area contributed by atoms with Crippen LogP contribution in [-0.2, 0) is 0 Å². The van der Waals surface area contributed by atoms with Gasteiger partial charge in [0.15, 0.2) is 0 Å². The number of aromatic nitrogens is 2. The van der Waals surface area contributed by atoms with Gasteiger partial charge in [0.25, 0.3) is 0 Å². The van der Waals surface area contributed by atoms with Crippen LogP contribution in [0.25, 0.3) is 38.7 Å². The van der Waals surface area contributed by atoms with Gasteiger partial charge in [0.2, 0.25) is 0 Å². The maximum atomic E-state index is 6.33. The number of benzene rings is 3. The molecule has 5 aromatic rings. The van der Waals surface area contributed by atoms with E-state index < -0.39 is 0 Å². The second-order valence-electron chi connectivity index (χ2n) is 6.81. The summed E-state index contributed by atoms with van der Waals surface area (Å²) in [6, 6.07) is 27.2. The van der Waals surface area contributed by atoms with Gasteiger partial charge in [-0.25, -0.2) is 4.52 Å². The van der Waals surface area contributed by atoms with E-state index >= 15 is 0 Å². The van der Waals surface area contributed by atoms with Crippen molar-refractivity contribution < 1.29 is 0 Å². The lowest BCUT2D eigenvalue weighted by molar-refractivity contribution is 0.975. The molecule has 0 saturated carbocycles. The predicted molar refractivity (Wildman–Crippen MR) is 113 cm³/mol. The van der Waals surface area contributed by atoms with E-state index in [2.05, 4.69) is 67.6 Å². The van der Waals surface area contributed by atoms with Crippen LogP contribution >= 0.6 is 11.6 Å². The van der Waals surface area contributed by atoms with Crippen molar-refractivity contribution in [2.45, 2.75) is 6.92 Å². The molecule has 130 valence electrons. The minimum atomic E-state index is 0.730. The molecule has 0 saturated heterocycles. The second kappa shape index (κ2) is 6.26. The Morgan fingerprint density at radius 1 is 0.815 bits per heavy atom. The Balaban J connectivity index is 1.91. The Kier molecular flexibility index (Phi) is 3.73. The molecule has 0 spiro atoms. The van der Waals surface area contributed by atoms with Gasteiger partial charge in [0, 0.05) is 21.5 Å². The molecule has 0 bridgehead atoms. The SMILES string of the molecule is Cc1ccc(-c2cnn3c(-c4ccccc4)cc4ccc(Cl)cc4c23)cc1. The monoisotopic (exact) mass is 368 g/mol. The lowest BCUT2D eigenvalue weighted by Gasteiger charge is -2.11. The number of rotatable bonds is 2. The van der Waals surface area contributed by atoms with Gasteiger partial charge in [-0.3, -0.25) is 0 Å². The van der Waals surface area contributed by atoms with Gasteiger partial charge < -0.3 is 0 Å². The second-order valence-corrected chi connectivity index (χ2v) is 7.25. The fourth-order valence-corrected chi connectivity index (χ4v) is 3.79. The smallest absolute Gasteiger partial charge is 0.0826 e. The first kappa shape index (κ1) is 16.1.